The van der Waals surface area contributed by atoms with E-state index in [0.29, 0.717) is 6.42 Å². The molecule has 0 rings (SSSR count). The molecule has 0 heterocycles. The molecule has 0 bridgehead atoms. The van der Waals surface area contributed by atoms with Gasteiger partial charge in [0.1, 0.15) is 0 Å². The highest BCUT2D eigenvalue weighted by Crippen LogP contribution is 1.94. The maximum Gasteiger partial charge on any atom is 0.211 e. The number of sulfonamides is 1. The number of unbranched alkanes of at least 4 members (excludes halogenated alkanes) is 1. The van der Waals surface area contributed by atoms with E-state index in [1.807, 2.05) is 6.92 Å². The van der Waals surface area contributed by atoms with Crippen LogP contribution in [0.5, 0.6) is 0 Å². The van der Waals surface area contributed by atoms with Gasteiger partial charge in [0.05, 0.1) is 11.9 Å². The van der Waals surface area contributed by atoms with Gasteiger partial charge in [-0.25, -0.2) is 13.1 Å². The third-order valence-electron chi connectivity index (χ3n) is 1.93. The fourth-order valence-corrected chi connectivity index (χ4v) is 2.06. The molecule has 0 fully saturated rings. The van der Waals surface area contributed by atoms with Gasteiger partial charge in [-0.3, -0.25) is 0 Å². The lowest BCUT2D eigenvalue weighted by molar-refractivity contribution is 0.164. The van der Waals surface area contributed by atoms with Crippen molar-refractivity contribution in [3.8, 4) is 0 Å². The standard InChI is InChI=1S/C8H20N2O3S/c1-3-4-5-14(12,13)10-6-8(9)7(2)11/h7-8,10-11H,3-6,9H2,1-2H3. The molecule has 86 valence electrons. The van der Waals surface area contributed by atoms with Crippen molar-refractivity contribution in [2.75, 3.05) is 12.3 Å². The molecule has 0 aromatic carbocycles. The molecule has 0 saturated heterocycles. The molecule has 0 aliphatic rings. The minimum atomic E-state index is -3.21. The fraction of sp³-hybridized carbons (Fsp3) is 1.00. The van der Waals surface area contributed by atoms with Crippen molar-refractivity contribution in [2.24, 2.45) is 5.73 Å². The zero-order valence-electron chi connectivity index (χ0n) is 8.73. The Hall–Kier alpha value is -0.170. The Morgan fingerprint density at radius 2 is 2.07 bits per heavy atom. The number of nitrogens with one attached hydrogen (secondary N) is 1. The summed E-state index contributed by atoms with van der Waals surface area (Å²) in [6, 6.07) is -0.550. The van der Waals surface area contributed by atoms with E-state index in [4.69, 9.17) is 10.8 Å². The predicted octanol–water partition coefficient (Wildman–Crippen LogP) is -0.586. The number of aliphatic hydroxyl groups excluding tert-OH is 1. The predicted molar refractivity (Wildman–Crippen MR) is 56.4 cm³/mol. The van der Waals surface area contributed by atoms with Crippen LogP contribution in [0.2, 0.25) is 0 Å². The van der Waals surface area contributed by atoms with E-state index in [2.05, 4.69) is 4.72 Å². The van der Waals surface area contributed by atoms with Gasteiger partial charge >= 0.3 is 0 Å². The second kappa shape index (κ2) is 6.34. The third kappa shape index (κ3) is 6.31. The molecule has 5 nitrogen and oxygen atoms in total. The van der Waals surface area contributed by atoms with Crippen molar-refractivity contribution in [3.63, 3.8) is 0 Å². The number of nitrogens with two attached hydrogens (primary N) is 1. The second-order valence-electron chi connectivity index (χ2n) is 3.43. The first-order valence-electron chi connectivity index (χ1n) is 4.80. The van der Waals surface area contributed by atoms with E-state index in [9.17, 15) is 8.42 Å². The van der Waals surface area contributed by atoms with E-state index in [-0.39, 0.29) is 12.3 Å². The summed E-state index contributed by atoms with van der Waals surface area (Å²) in [5.74, 6) is 0.121. The second-order valence-corrected chi connectivity index (χ2v) is 5.35. The maximum absolute atomic E-state index is 11.3. The lowest BCUT2D eigenvalue weighted by Gasteiger charge is -2.15. The molecule has 6 heteroatoms. The normalized spacial score (nSPS) is 16.6. The lowest BCUT2D eigenvalue weighted by atomic mass is 10.2. The molecule has 0 aromatic rings. The zero-order chi connectivity index (χ0) is 11.2. The van der Waals surface area contributed by atoms with Crippen molar-refractivity contribution in [1.29, 1.82) is 0 Å². The van der Waals surface area contributed by atoms with Gasteiger partial charge in [-0.2, -0.15) is 0 Å². The van der Waals surface area contributed by atoms with Crippen molar-refractivity contribution >= 4 is 10.0 Å². The molecule has 4 N–H and O–H groups in total. The fourth-order valence-electron chi connectivity index (χ4n) is 0.800. The average Bonchev–Trinajstić information content (AvgIpc) is 2.11. The Kier molecular flexibility index (Phi) is 6.26. The zero-order valence-corrected chi connectivity index (χ0v) is 9.55. The van der Waals surface area contributed by atoms with Crippen LogP contribution in [0.25, 0.3) is 0 Å². The first-order valence-corrected chi connectivity index (χ1v) is 6.45. The monoisotopic (exact) mass is 224 g/mol. The summed E-state index contributed by atoms with van der Waals surface area (Å²) < 4.78 is 24.9. The van der Waals surface area contributed by atoms with Crippen LogP contribution >= 0.6 is 0 Å². The van der Waals surface area contributed by atoms with Crippen LogP contribution in [-0.4, -0.2) is 38.0 Å². The minimum Gasteiger partial charge on any atom is -0.392 e. The number of aliphatic hydroxyl groups is 1. The van der Waals surface area contributed by atoms with Crippen LogP contribution in [-0.2, 0) is 10.0 Å². The van der Waals surface area contributed by atoms with E-state index in [1.165, 1.54) is 6.92 Å². The van der Waals surface area contributed by atoms with Gasteiger partial charge in [-0.05, 0) is 13.3 Å². The SMILES string of the molecule is CCCCS(=O)(=O)NCC(N)C(C)O. The van der Waals surface area contributed by atoms with Gasteiger partial charge in [0, 0.05) is 12.6 Å². The van der Waals surface area contributed by atoms with Gasteiger partial charge < -0.3 is 10.8 Å². The molecule has 0 aliphatic carbocycles. The van der Waals surface area contributed by atoms with E-state index >= 15 is 0 Å². The molecule has 0 amide bonds. The Morgan fingerprint density at radius 1 is 1.50 bits per heavy atom. The summed E-state index contributed by atoms with van der Waals surface area (Å²) in [5, 5.41) is 9.03. The Morgan fingerprint density at radius 3 is 2.50 bits per heavy atom. The molecule has 0 aromatic heterocycles. The van der Waals surface area contributed by atoms with E-state index in [0.717, 1.165) is 6.42 Å². The third-order valence-corrected chi connectivity index (χ3v) is 3.36. The summed E-state index contributed by atoms with van der Waals surface area (Å²) in [6.07, 6.45) is 0.770. The van der Waals surface area contributed by atoms with Crippen LogP contribution in [0.15, 0.2) is 0 Å². The summed E-state index contributed by atoms with van der Waals surface area (Å²) >= 11 is 0. The van der Waals surface area contributed by atoms with Crippen molar-refractivity contribution in [1.82, 2.24) is 4.72 Å². The Bertz CT molecular complexity index is 239. The molecule has 0 aliphatic heterocycles. The van der Waals surface area contributed by atoms with Crippen LogP contribution < -0.4 is 10.5 Å². The molecule has 2 atom stereocenters. The summed E-state index contributed by atoms with van der Waals surface area (Å²) in [5.41, 5.74) is 5.48. The highest BCUT2D eigenvalue weighted by Gasteiger charge is 2.14. The quantitative estimate of drug-likeness (QED) is 0.539. The topological polar surface area (TPSA) is 92.4 Å². The number of rotatable bonds is 7. The van der Waals surface area contributed by atoms with Crippen LogP contribution in [0, 0.1) is 0 Å². The minimum absolute atomic E-state index is 0.0870. The van der Waals surface area contributed by atoms with Crippen molar-refractivity contribution in [3.05, 3.63) is 0 Å². The molecular formula is C8H20N2O3S. The largest absolute Gasteiger partial charge is 0.392 e. The molecule has 0 radical (unpaired) electrons. The molecule has 2 unspecified atom stereocenters. The molecule has 0 saturated carbocycles. The van der Waals surface area contributed by atoms with Gasteiger partial charge in [0.25, 0.3) is 0 Å². The van der Waals surface area contributed by atoms with E-state index < -0.39 is 22.2 Å². The van der Waals surface area contributed by atoms with Gasteiger partial charge in [0.2, 0.25) is 10.0 Å². The average molecular weight is 224 g/mol. The summed E-state index contributed by atoms with van der Waals surface area (Å²) in [4.78, 5) is 0. The summed E-state index contributed by atoms with van der Waals surface area (Å²) in [6.45, 7) is 3.55. The molecular weight excluding hydrogens is 204 g/mol. The molecule has 0 spiro atoms. The van der Waals surface area contributed by atoms with Gasteiger partial charge in [-0.1, -0.05) is 13.3 Å². The van der Waals surface area contributed by atoms with Crippen molar-refractivity contribution in [2.45, 2.75) is 38.8 Å². The Balaban J connectivity index is 3.87. The Labute approximate surface area is 85.7 Å². The van der Waals surface area contributed by atoms with E-state index in [1.54, 1.807) is 0 Å². The van der Waals surface area contributed by atoms with Crippen molar-refractivity contribution < 1.29 is 13.5 Å². The highest BCUT2D eigenvalue weighted by molar-refractivity contribution is 7.89. The van der Waals surface area contributed by atoms with Crippen LogP contribution in [0.4, 0.5) is 0 Å². The van der Waals surface area contributed by atoms with Gasteiger partial charge in [-0.15, -0.1) is 0 Å². The molecule has 14 heavy (non-hydrogen) atoms. The van der Waals surface area contributed by atoms with Crippen LogP contribution in [0.1, 0.15) is 26.7 Å². The number of hydrogen-bond donors (Lipinski definition) is 3. The smallest absolute Gasteiger partial charge is 0.211 e. The van der Waals surface area contributed by atoms with Gasteiger partial charge in [0.15, 0.2) is 0 Å². The van der Waals surface area contributed by atoms with Crippen LogP contribution in [0.3, 0.4) is 0 Å². The summed E-state index contributed by atoms with van der Waals surface area (Å²) in [7, 11) is -3.21. The highest BCUT2D eigenvalue weighted by atomic mass is 32.2. The lowest BCUT2D eigenvalue weighted by Crippen LogP contribution is -2.44. The first kappa shape index (κ1) is 13.8. The maximum atomic E-state index is 11.3. The number of hydrogen-bond acceptors (Lipinski definition) is 4. The first-order chi connectivity index (χ1) is 6.39.